The number of carbonyl (C=O) groups is 2. The summed E-state index contributed by atoms with van der Waals surface area (Å²) in [5.74, 6) is -0.116. The fraction of sp³-hybridized carbons (Fsp3) is 0.867. The quantitative estimate of drug-likeness (QED) is 0.0321. The molecule has 1 amide bonds. The molecule has 0 aliphatic heterocycles. The van der Waals surface area contributed by atoms with Gasteiger partial charge in [0, 0.05) is 12.8 Å². The standard InChI is InChI=1S/C60H113NO5/c1-3-5-7-9-11-13-15-17-18-19-20-21-22-23-24-25-26-27-28-30-32-36-40-44-48-52-58(63)57(56-62)61-59(64)53-49-45-41-37-33-31-35-39-43-47-51-55-66-60(65)54-50-46-42-38-34-29-16-14-12-10-8-6-4-2/h8,10,14,16,48,52,57-58,62-63H,3-7,9,11-13,15,17-47,49-51,53-56H2,1-2H3,(H,61,64)/b10-8-,16-14-,52-48+. The predicted molar refractivity (Wildman–Crippen MR) is 287 cm³/mol. The van der Waals surface area contributed by atoms with Gasteiger partial charge in [0.1, 0.15) is 0 Å². The van der Waals surface area contributed by atoms with E-state index in [-0.39, 0.29) is 18.5 Å². The molecule has 0 aliphatic carbocycles. The number of hydrogen-bond donors (Lipinski definition) is 3. The van der Waals surface area contributed by atoms with Gasteiger partial charge >= 0.3 is 5.97 Å². The zero-order valence-corrected chi connectivity index (χ0v) is 44.2. The van der Waals surface area contributed by atoms with Crippen molar-refractivity contribution in [1.29, 1.82) is 0 Å². The summed E-state index contributed by atoms with van der Waals surface area (Å²) in [6, 6.07) is -0.644. The molecule has 2 atom stereocenters. The molecule has 0 aromatic carbocycles. The van der Waals surface area contributed by atoms with Crippen LogP contribution in [0.3, 0.4) is 0 Å². The van der Waals surface area contributed by atoms with E-state index in [1.807, 2.05) is 6.08 Å². The van der Waals surface area contributed by atoms with Gasteiger partial charge in [-0.2, -0.15) is 0 Å². The highest BCUT2D eigenvalue weighted by Gasteiger charge is 2.18. The Hall–Kier alpha value is -1.92. The SMILES string of the molecule is CCC/C=C\C/C=C\CCCCCCCC(=O)OCCCCCCCCCCCCCC(=O)NC(CO)C(O)/C=C/CCCCCCCCCCCCCCCCCCCCCCCCC. The molecular formula is C60H113NO5. The maximum absolute atomic E-state index is 12.5. The number of rotatable bonds is 54. The Morgan fingerprint density at radius 2 is 0.788 bits per heavy atom. The molecular weight excluding hydrogens is 815 g/mol. The maximum atomic E-state index is 12.5. The molecule has 0 radical (unpaired) electrons. The smallest absolute Gasteiger partial charge is 0.305 e. The van der Waals surface area contributed by atoms with Crippen molar-refractivity contribution in [2.45, 2.75) is 321 Å². The van der Waals surface area contributed by atoms with E-state index in [2.05, 4.69) is 43.5 Å². The van der Waals surface area contributed by atoms with E-state index in [9.17, 15) is 19.8 Å². The molecule has 0 spiro atoms. The molecule has 6 nitrogen and oxygen atoms in total. The average molecular weight is 929 g/mol. The number of allylic oxidation sites excluding steroid dienone is 5. The van der Waals surface area contributed by atoms with Gasteiger partial charge in [0.05, 0.1) is 25.4 Å². The number of aliphatic hydroxyl groups is 2. The molecule has 0 bridgehead atoms. The van der Waals surface area contributed by atoms with Gasteiger partial charge in [0.15, 0.2) is 0 Å². The van der Waals surface area contributed by atoms with E-state index in [4.69, 9.17) is 4.74 Å². The van der Waals surface area contributed by atoms with E-state index in [0.717, 1.165) is 70.6 Å². The first kappa shape index (κ1) is 64.1. The van der Waals surface area contributed by atoms with Gasteiger partial charge in [0.2, 0.25) is 5.91 Å². The predicted octanol–water partition coefficient (Wildman–Crippen LogP) is 18.0. The van der Waals surface area contributed by atoms with Crippen molar-refractivity contribution in [3.05, 3.63) is 36.5 Å². The Morgan fingerprint density at radius 1 is 0.424 bits per heavy atom. The van der Waals surface area contributed by atoms with Gasteiger partial charge in [-0.15, -0.1) is 0 Å². The van der Waals surface area contributed by atoms with Gasteiger partial charge in [-0.05, 0) is 57.8 Å². The Bertz CT molecular complexity index is 1070. The number of unbranched alkanes of at least 4 members (excludes halogenated alkanes) is 39. The lowest BCUT2D eigenvalue weighted by atomic mass is 10.0. The first-order valence-corrected chi connectivity index (χ1v) is 29.3. The van der Waals surface area contributed by atoms with Crippen molar-refractivity contribution in [3.8, 4) is 0 Å². The Balaban J connectivity index is 3.50. The third-order valence-electron chi connectivity index (χ3n) is 13.4. The minimum Gasteiger partial charge on any atom is -0.466 e. The lowest BCUT2D eigenvalue weighted by molar-refractivity contribution is -0.143. The molecule has 0 aromatic rings. The van der Waals surface area contributed by atoms with Gasteiger partial charge in [-0.25, -0.2) is 0 Å². The second-order valence-electron chi connectivity index (χ2n) is 20.0. The summed E-state index contributed by atoms with van der Waals surface area (Å²) in [6.07, 6.45) is 68.8. The zero-order valence-electron chi connectivity index (χ0n) is 44.2. The minimum absolute atomic E-state index is 0.0303. The topological polar surface area (TPSA) is 95.9 Å². The number of amides is 1. The van der Waals surface area contributed by atoms with Crippen molar-refractivity contribution >= 4 is 11.9 Å². The third-order valence-corrected chi connectivity index (χ3v) is 13.4. The van der Waals surface area contributed by atoms with Crippen LogP contribution in [0, 0.1) is 0 Å². The van der Waals surface area contributed by atoms with Crippen molar-refractivity contribution < 1.29 is 24.5 Å². The van der Waals surface area contributed by atoms with E-state index in [0.29, 0.717) is 19.4 Å². The molecule has 0 fully saturated rings. The molecule has 66 heavy (non-hydrogen) atoms. The average Bonchev–Trinajstić information content (AvgIpc) is 3.32. The fourth-order valence-electron chi connectivity index (χ4n) is 8.91. The zero-order chi connectivity index (χ0) is 47.9. The molecule has 3 N–H and O–H groups in total. The summed E-state index contributed by atoms with van der Waals surface area (Å²) in [7, 11) is 0. The van der Waals surface area contributed by atoms with Gasteiger partial charge in [-0.3, -0.25) is 9.59 Å². The van der Waals surface area contributed by atoms with Crippen LogP contribution in [0.5, 0.6) is 0 Å². The van der Waals surface area contributed by atoms with Crippen molar-refractivity contribution in [1.82, 2.24) is 5.32 Å². The van der Waals surface area contributed by atoms with Crippen LogP contribution >= 0.6 is 0 Å². The first-order chi connectivity index (χ1) is 32.5. The number of hydrogen-bond acceptors (Lipinski definition) is 5. The van der Waals surface area contributed by atoms with Crippen LogP contribution in [0.1, 0.15) is 309 Å². The minimum atomic E-state index is -0.859. The van der Waals surface area contributed by atoms with Crippen LogP contribution in [0.4, 0.5) is 0 Å². The summed E-state index contributed by atoms with van der Waals surface area (Å²) in [6.45, 7) is 4.80. The second kappa shape index (κ2) is 55.7. The number of ether oxygens (including phenoxy) is 1. The Labute approximate surface area is 411 Å². The summed E-state index contributed by atoms with van der Waals surface area (Å²) in [4.78, 5) is 24.5. The molecule has 6 heteroatoms. The molecule has 0 aliphatic rings. The maximum Gasteiger partial charge on any atom is 0.305 e. The van der Waals surface area contributed by atoms with E-state index < -0.39 is 12.1 Å². The van der Waals surface area contributed by atoms with E-state index in [1.54, 1.807) is 6.08 Å². The van der Waals surface area contributed by atoms with Crippen LogP contribution in [0.15, 0.2) is 36.5 Å². The number of aliphatic hydroxyl groups excluding tert-OH is 2. The van der Waals surface area contributed by atoms with Crippen LogP contribution in [0.25, 0.3) is 0 Å². The monoisotopic (exact) mass is 928 g/mol. The molecule has 0 aromatic heterocycles. The summed E-state index contributed by atoms with van der Waals surface area (Å²) in [5, 5.41) is 23.2. The number of carbonyl (C=O) groups excluding carboxylic acids is 2. The molecule has 0 saturated heterocycles. The molecule has 2 unspecified atom stereocenters. The lowest BCUT2D eigenvalue weighted by Crippen LogP contribution is -2.45. The van der Waals surface area contributed by atoms with Crippen LogP contribution in [-0.2, 0) is 14.3 Å². The fourth-order valence-corrected chi connectivity index (χ4v) is 8.91. The second-order valence-corrected chi connectivity index (χ2v) is 20.0. The van der Waals surface area contributed by atoms with Crippen molar-refractivity contribution in [2.75, 3.05) is 13.2 Å². The molecule has 388 valence electrons. The highest BCUT2D eigenvalue weighted by molar-refractivity contribution is 5.76. The summed E-state index contributed by atoms with van der Waals surface area (Å²) >= 11 is 0. The summed E-state index contributed by atoms with van der Waals surface area (Å²) in [5.41, 5.74) is 0. The number of esters is 1. The highest BCUT2D eigenvalue weighted by atomic mass is 16.5. The normalized spacial score (nSPS) is 12.8. The molecule has 0 rings (SSSR count). The number of nitrogens with one attached hydrogen (secondary N) is 1. The lowest BCUT2D eigenvalue weighted by Gasteiger charge is -2.20. The Morgan fingerprint density at radius 3 is 1.21 bits per heavy atom. The Kier molecular flexibility index (Phi) is 54.1. The summed E-state index contributed by atoms with van der Waals surface area (Å²) < 4.78 is 5.45. The molecule has 0 saturated carbocycles. The highest BCUT2D eigenvalue weighted by Crippen LogP contribution is 2.17. The largest absolute Gasteiger partial charge is 0.466 e. The van der Waals surface area contributed by atoms with Crippen molar-refractivity contribution in [3.63, 3.8) is 0 Å². The van der Waals surface area contributed by atoms with Crippen LogP contribution < -0.4 is 5.32 Å². The van der Waals surface area contributed by atoms with Gasteiger partial charge in [-0.1, -0.05) is 275 Å². The van der Waals surface area contributed by atoms with Gasteiger partial charge in [0.25, 0.3) is 0 Å². The molecule has 0 heterocycles. The van der Waals surface area contributed by atoms with Crippen molar-refractivity contribution in [2.24, 2.45) is 0 Å². The van der Waals surface area contributed by atoms with E-state index >= 15 is 0 Å². The van der Waals surface area contributed by atoms with Crippen LogP contribution in [0.2, 0.25) is 0 Å². The van der Waals surface area contributed by atoms with Gasteiger partial charge < -0.3 is 20.3 Å². The third kappa shape index (κ3) is 51.5. The van der Waals surface area contributed by atoms with E-state index in [1.165, 1.54) is 212 Å². The van der Waals surface area contributed by atoms with Crippen LogP contribution in [-0.4, -0.2) is 47.4 Å². The first-order valence-electron chi connectivity index (χ1n) is 29.3.